The standard InChI is InChI=1S/C20H22N2O2S/c1-3-14(2)16-10-11-18(23)17(13-16)21-20(25)22-19(24)12-9-15-7-5-4-6-8-15/h4-14,23H,3H2,1-2H3,(H2,21,22,24,25)/b12-9+. The topological polar surface area (TPSA) is 61.4 Å². The predicted octanol–water partition coefficient (Wildman–Crippen LogP) is 4.43. The van der Waals surface area contributed by atoms with Crippen molar-refractivity contribution in [3.8, 4) is 5.75 Å². The number of anilines is 1. The Balaban J connectivity index is 1.98. The lowest BCUT2D eigenvalue weighted by atomic mass is 9.98. The van der Waals surface area contributed by atoms with Crippen molar-refractivity contribution in [3.05, 3.63) is 65.7 Å². The van der Waals surface area contributed by atoms with Gasteiger partial charge in [-0.3, -0.25) is 10.1 Å². The van der Waals surface area contributed by atoms with Gasteiger partial charge in [0.25, 0.3) is 0 Å². The number of rotatable bonds is 5. The molecule has 0 saturated carbocycles. The van der Waals surface area contributed by atoms with Crippen LogP contribution in [0.5, 0.6) is 5.75 Å². The lowest BCUT2D eigenvalue weighted by Gasteiger charge is -2.14. The molecule has 2 rings (SSSR count). The van der Waals surface area contributed by atoms with Crippen LogP contribution >= 0.6 is 12.2 Å². The van der Waals surface area contributed by atoms with E-state index >= 15 is 0 Å². The van der Waals surface area contributed by atoms with Crippen molar-refractivity contribution in [2.24, 2.45) is 0 Å². The molecule has 0 aliphatic heterocycles. The molecule has 0 aliphatic rings. The summed E-state index contributed by atoms with van der Waals surface area (Å²) in [6, 6.07) is 14.9. The number of thiocarbonyl (C=S) groups is 1. The lowest BCUT2D eigenvalue weighted by Crippen LogP contribution is -2.32. The maximum absolute atomic E-state index is 11.9. The summed E-state index contributed by atoms with van der Waals surface area (Å²) < 4.78 is 0. The van der Waals surface area contributed by atoms with Gasteiger partial charge in [-0.15, -0.1) is 0 Å². The number of amides is 1. The van der Waals surface area contributed by atoms with Crippen molar-refractivity contribution >= 4 is 35.0 Å². The van der Waals surface area contributed by atoms with Crippen LogP contribution in [-0.4, -0.2) is 16.1 Å². The summed E-state index contributed by atoms with van der Waals surface area (Å²) in [6.07, 6.45) is 4.12. The number of aromatic hydroxyl groups is 1. The summed E-state index contributed by atoms with van der Waals surface area (Å²) in [5, 5.41) is 15.6. The van der Waals surface area contributed by atoms with E-state index in [4.69, 9.17) is 12.2 Å². The molecule has 5 heteroatoms. The van der Waals surface area contributed by atoms with Gasteiger partial charge in [-0.2, -0.15) is 0 Å². The number of benzene rings is 2. The smallest absolute Gasteiger partial charge is 0.250 e. The number of carbonyl (C=O) groups is 1. The van der Waals surface area contributed by atoms with Crippen LogP contribution in [0.2, 0.25) is 0 Å². The molecule has 0 bridgehead atoms. The molecule has 4 nitrogen and oxygen atoms in total. The van der Waals surface area contributed by atoms with Crippen molar-refractivity contribution in [2.45, 2.75) is 26.2 Å². The molecule has 1 amide bonds. The second-order valence-electron chi connectivity index (χ2n) is 5.77. The predicted molar refractivity (Wildman–Crippen MR) is 107 cm³/mol. The summed E-state index contributed by atoms with van der Waals surface area (Å²) >= 11 is 5.15. The fourth-order valence-corrected chi connectivity index (χ4v) is 2.45. The zero-order valence-corrected chi connectivity index (χ0v) is 15.1. The van der Waals surface area contributed by atoms with E-state index in [9.17, 15) is 9.90 Å². The van der Waals surface area contributed by atoms with E-state index in [1.165, 1.54) is 6.08 Å². The van der Waals surface area contributed by atoms with E-state index in [2.05, 4.69) is 24.5 Å². The maximum Gasteiger partial charge on any atom is 0.250 e. The molecule has 1 unspecified atom stereocenters. The van der Waals surface area contributed by atoms with Gasteiger partial charge in [0, 0.05) is 6.08 Å². The van der Waals surface area contributed by atoms with Gasteiger partial charge in [0.1, 0.15) is 5.75 Å². The SMILES string of the molecule is CCC(C)c1ccc(O)c(NC(=S)NC(=O)/C=C/c2ccccc2)c1. The second kappa shape index (κ2) is 8.99. The average molecular weight is 354 g/mol. The van der Waals surface area contributed by atoms with Crippen LogP contribution in [0.1, 0.15) is 37.3 Å². The molecule has 1 atom stereocenters. The minimum Gasteiger partial charge on any atom is -0.506 e. The molecule has 0 spiro atoms. The highest BCUT2D eigenvalue weighted by molar-refractivity contribution is 7.80. The van der Waals surface area contributed by atoms with Crippen LogP contribution < -0.4 is 10.6 Å². The Kier molecular flexibility index (Phi) is 6.71. The number of hydrogen-bond donors (Lipinski definition) is 3. The molecule has 0 saturated heterocycles. The first kappa shape index (κ1) is 18.7. The first-order chi connectivity index (χ1) is 12.0. The monoisotopic (exact) mass is 354 g/mol. The first-order valence-electron chi connectivity index (χ1n) is 8.17. The molecule has 2 aromatic carbocycles. The molecular formula is C20H22N2O2S. The van der Waals surface area contributed by atoms with Crippen molar-refractivity contribution < 1.29 is 9.90 Å². The van der Waals surface area contributed by atoms with Crippen LogP contribution in [-0.2, 0) is 4.79 Å². The van der Waals surface area contributed by atoms with Gasteiger partial charge in [-0.1, -0.05) is 50.2 Å². The van der Waals surface area contributed by atoms with E-state index in [0.29, 0.717) is 11.6 Å². The van der Waals surface area contributed by atoms with Crippen molar-refractivity contribution in [1.29, 1.82) is 0 Å². The minimum absolute atomic E-state index is 0.0866. The van der Waals surface area contributed by atoms with Gasteiger partial charge in [0.2, 0.25) is 5.91 Å². The van der Waals surface area contributed by atoms with Gasteiger partial charge in [-0.25, -0.2) is 0 Å². The Bertz CT molecular complexity index is 773. The maximum atomic E-state index is 11.9. The molecule has 25 heavy (non-hydrogen) atoms. The lowest BCUT2D eigenvalue weighted by molar-refractivity contribution is -0.115. The van der Waals surface area contributed by atoms with E-state index in [1.807, 2.05) is 42.5 Å². The summed E-state index contributed by atoms with van der Waals surface area (Å²) in [5.41, 5.74) is 2.51. The van der Waals surface area contributed by atoms with Gasteiger partial charge in [0.15, 0.2) is 5.11 Å². The third kappa shape index (κ3) is 5.72. The summed E-state index contributed by atoms with van der Waals surface area (Å²) in [6.45, 7) is 4.22. The second-order valence-corrected chi connectivity index (χ2v) is 6.18. The Morgan fingerprint density at radius 3 is 2.64 bits per heavy atom. The number of phenols is 1. The van der Waals surface area contributed by atoms with Crippen molar-refractivity contribution in [1.82, 2.24) is 5.32 Å². The van der Waals surface area contributed by atoms with E-state index < -0.39 is 0 Å². The van der Waals surface area contributed by atoms with E-state index in [-0.39, 0.29) is 16.8 Å². The Labute approximate surface area is 153 Å². The summed E-state index contributed by atoms with van der Waals surface area (Å²) in [7, 11) is 0. The molecule has 0 aromatic heterocycles. The van der Waals surface area contributed by atoms with Crippen molar-refractivity contribution in [2.75, 3.05) is 5.32 Å². The number of phenolic OH excluding ortho intramolecular Hbond substituents is 1. The molecule has 2 aromatic rings. The van der Waals surface area contributed by atoms with Crippen LogP contribution in [0.4, 0.5) is 5.69 Å². The molecule has 0 radical (unpaired) electrons. The number of carbonyl (C=O) groups excluding carboxylic acids is 1. The zero-order valence-electron chi connectivity index (χ0n) is 14.3. The van der Waals surface area contributed by atoms with Gasteiger partial charge < -0.3 is 10.4 Å². The molecule has 3 N–H and O–H groups in total. The summed E-state index contributed by atoms with van der Waals surface area (Å²) in [5.74, 6) is 0.125. The minimum atomic E-state index is -0.334. The fourth-order valence-electron chi connectivity index (χ4n) is 2.24. The summed E-state index contributed by atoms with van der Waals surface area (Å²) in [4.78, 5) is 11.9. The van der Waals surface area contributed by atoms with Crippen LogP contribution in [0.25, 0.3) is 6.08 Å². The highest BCUT2D eigenvalue weighted by atomic mass is 32.1. The van der Waals surface area contributed by atoms with Gasteiger partial charge >= 0.3 is 0 Å². The van der Waals surface area contributed by atoms with Crippen LogP contribution in [0, 0.1) is 0 Å². The fraction of sp³-hybridized carbons (Fsp3) is 0.200. The highest BCUT2D eigenvalue weighted by Gasteiger charge is 2.09. The average Bonchev–Trinajstić information content (AvgIpc) is 2.62. The highest BCUT2D eigenvalue weighted by Crippen LogP contribution is 2.28. The van der Waals surface area contributed by atoms with E-state index in [1.54, 1.807) is 12.1 Å². The number of hydrogen-bond acceptors (Lipinski definition) is 3. The largest absolute Gasteiger partial charge is 0.506 e. The first-order valence-corrected chi connectivity index (χ1v) is 8.58. The van der Waals surface area contributed by atoms with Crippen LogP contribution in [0.15, 0.2) is 54.6 Å². The molecule has 130 valence electrons. The third-order valence-electron chi connectivity index (χ3n) is 3.91. The zero-order chi connectivity index (χ0) is 18.2. The Morgan fingerprint density at radius 2 is 1.96 bits per heavy atom. The number of nitrogens with one attached hydrogen (secondary N) is 2. The van der Waals surface area contributed by atoms with Crippen molar-refractivity contribution in [3.63, 3.8) is 0 Å². The normalized spacial score (nSPS) is 11.9. The molecular weight excluding hydrogens is 332 g/mol. The van der Waals surface area contributed by atoms with Crippen LogP contribution in [0.3, 0.4) is 0 Å². The Morgan fingerprint density at radius 1 is 1.24 bits per heavy atom. The molecule has 0 aliphatic carbocycles. The Hall–Kier alpha value is -2.66. The molecule has 0 fully saturated rings. The third-order valence-corrected chi connectivity index (χ3v) is 4.12. The van der Waals surface area contributed by atoms with E-state index in [0.717, 1.165) is 17.5 Å². The molecule has 0 heterocycles. The van der Waals surface area contributed by atoms with Gasteiger partial charge in [-0.05, 0) is 53.9 Å². The van der Waals surface area contributed by atoms with Gasteiger partial charge in [0.05, 0.1) is 5.69 Å². The quantitative estimate of drug-likeness (QED) is 0.422.